The van der Waals surface area contributed by atoms with E-state index in [1.54, 1.807) is 0 Å². The summed E-state index contributed by atoms with van der Waals surface area (Å²) in [5.41, 5.74) is 4.53. The van der Waals surface area contributed by atoms with Crippen molar-refractivity contribution in [1.82, 2.24) is 0 Å². The summed E-state index contributed by atoms with van der Waals surface area (Å²) in [5.74, 6) is 0. The van der Waals surface area contributed by atoms with Gasteiger partial charge in [0.2, 0.25) is 0 Å². The van der Waals surface area contributed by atoms with E-state index in [0.29, 0.717) is 19.8 Å². The van der Waals surface area contributed by atoms with Gasteiger partial charge in [-0.15, -0.1) is 0 Å². The first-order valence-corrected chi connectivity index (χ1v) is 12.3. The molecule has 5 heteroatoms. The summed E-state index contributed by atoms with van der Waals surface area (Å²) < 4.78 is 18.2. The molecule has 0 aliphatic rings. The summed E-state index contributed by atoms with van der Waals surface area (Å²) in [4.78, 5) is 2.24. The van der Waals surface area contributed by atoms with E-state index in [2.05, 4.69) is 84.6 Å². The van der Waals surface area contributed by atoms with Gasteiger partial charge in [-0.3, -0.25) is 0 Å². The molecular formula is C25H31NO3Si. The lowest BCUT2D eigenvalue weighted by Gasteiger charge is -2.30. The van der Waals surface area contributed by atoms with Crippen molar-refractivity contribution in [1.29, 1.82) is 0 Å². The lowest BCUT2D eigenvalue weighted by Crippen LogP contribution is -2.56. The fourth-order valence-corrected chi connectivity index (χ4v) is 5.94. The lowest BCUT2D eigenvalue weighted by atomic mass is 10.1. The standard InChI is InChI=1S/C25H31NO3Si/c1-5-27-30(28-6-2,29-7-3)25-19-17-24(18-20-25)26(22-11-9-8-10-12-22)23-15-13-21(4)14-16-23/h8-20H,5-7H2,1-4H3. The Labute approximate surface area is 181 Å². The van der Waals surface area contributed by atoms with Gasteiger partial charge in [-0.1, -0.05) is 48.0 Å². The molecule has 4 nitrogen and oxygen atoms in total. The normalized spacial score (nSPS) is 11.5. The maximum atomic E-state index is 6.06. The number of anilines is 3. The van der Waals surface area contributed by atoms with Crippen molar-refractivity contribution in [3.63, 3.8) is 0 Å². The molecule has 0 saturated heterocycles. The van der Waals surface area contributed by atoms with Crippen LogP contribution >= 0.6 is 0 Å². The monoisotopic (exact) mass is 421 g/mol. The van der Waals surface area contributed by atoms with Crippen molar-refractivity contribution in [2.24, 2.45) is 0 Å². The Balaban J connectivity index is 2.02. The van der Waals surface area contributed by atoms with E-state index < -0.39 is 8.80 Å². The van der Waals surface area contributed by atoms with Crippen LogP contribution in [0.5, 0.6) is 0 Å². The Hall–Kier alpha value is -2.44. The van der Waals surface area contributed by atoms with Gasteiger partial charge < -0.3 is 18.2 Å². The van der Waals surface area contributed by atoms with Crippen LogP contribution < -0.4 is 10.1 Å². The van der Waals surface area contributed by atoms with Crippen molar-refractivity contribution >= 4 is 31.1 Å². The third-order valence-corrected chi connectivity index (χ3v) is 7.84. The quantitative estimate of drug-likeness (QED) is 0.392. The highest BCUT2D eigenvalue weighted by Gasteiger charge is 2.43. The fourth-order valence-electron chi connectivity index (χ4n) is 3.48. The SMILES string of the molecule is CCO[Si](OCC)(OCC)c1ccc(N(c2ccccc2)c2ccc(C)cc2)cc1. The van der Waals surface area contributed by atoms with Crippen molar-refractivity contribution < 1.29 is 13.3 Å². The van der Waals surface area contributed by atoms with Crippen LogP contribution in [0.25, 0.3) is 0 Å². The molecule has 0 aliphatic heterocycles. The van der Waals surface area contributed by atoms with Crippen molar-refractivity contribution in [2.45, 2.75) is 27.7 Å². The second kappa shape index (κ2) is 10.5. The Morgan fingerprint density at radius 1 is 0.600 bits per heavy atom. The summed E-state index contributed by atoms with van der Waals surface area (Å²) in [5, 5.41) is 0.980. The molecular weight excluding hydrogens is 390 g/mol. The van der Waals surface area contributed by atoms with E-state index in [1.807, 2.05) is 26.8 Å². The Kier molecular flexibility index (Phi) is 7.82. The predicted octanol–water partition coefficient (Wildman–Crippen LogP) is 5.72. The third kappa shape index (κ3) is 4.99. The van der Waals surface area contributed by atoms with Crippen molar-refractivity contribution in [2.75, 3.05) is 24.7 Å². The number of hydrogen-bond donors (Lipinski definition) is 0. The molecule has 158 valence electrons. The zero-order chi connectivity index (χ0) is 21.4. The maximum absolute atomic E-state index is 6.06. The molecule has 0 amide bonds. The Morgan fingerprint density at radius 2 is 1.03 bits per heavy atom. The van der Waals surface area contributed by atoms with E-state index in [0.717, 1.165) is 22.2 Å². The second-order valence-electron chi connectivity index (χ2n) is 6.91. The van der Waals surface area contributed by atoms with Crippen LogP contribution in [0.3, 0.4) is 0 Å². The number of hydrogen-bond acceptors (Lipinski definition) is 4. The molecule has 0 radical (unpaired) electrons. The molecule has 3 aromatic rings. The predicted molar refractivity (Wildman–Crippen MR) is 126 cm³/mol. The molecule has 3 aromatic carbocycles. The zero-order valence-electron chi connectivity index (χ0n) is 18.3. The first-order chi connectivity index (χ1) is 14.6. The second-order valence-corrected chi connectivity index (χ2v) is 9.46. The summed E-state index contributed by atoms with van der Waals surface area (Å²) >= 11 is 0. The average Bonchev–Trinajstić information content (AvgIpc) is 2.77. The van der Waals surface area contributed by atoms with E-state index in [9.17, 15) is 0 Å². The van der Waals surface area contributed by atoms with Gasteiger partial charge in [-0.25, -0.2) is 0 Å². The van der Waals surface area contributed by atoms with Crippen LogP contribution in [-0.4, -0.2) is 28.6 Å². The first kappa shape index (κ1) is 22.2. The highest BCUT2D eigenvalue weighted by Crippen LogP contribution is 2.34. The number of aryl methyl sites for hydroxylation is 1. The number of nitrogens with zero attached hydrogens (tertiary/aromatic N) is 1. The van der Waals surface area contributed by atoms with Gasteiger partial charge >= 0.3 is 8.80 Å². The van der Waals surface area contributed by atoms with Crippen LogP contribution in [0.1, 0.15) is 26.3 Å². The fraction of sp³-hybridized carbons (Fsp3) is 0.280. The summed E-state index contributed by atoms with van der Waals surface area (Å²) in [6.07, 6.45) is 0. The highest BCUT2D eigenvalue weighted by molar-refractivity contribution is 6.75. The lowest BCUT2D eigenvalue weighted by molar-refractivity contribution is 0.0859. The number of rotatable bonds is 10. The molecule has 0 spiro atoms. The Morgan fingerprint density at radius 3 is 1.50 bits per heavy atom. The molecule has 0 unspecified atom stereocenters. The van der Waals surface area contributed by atoms with Gasteiger partial charge in [0.1, 0.15) is 0 Å². The van der Waals surface area contributed by atoms with Gasteiger partial charge in [0.05, 0.1) is 0 Å². The number of benzene rings is 3. The summed E-state index contributed by atoms with van der Waals surface area (Å²) in [6.45, 7) is 9.67. The molecule has 3 rings (SSSR count). The molecule has 0 aliphatic carbocycles. The van der Waals surface area contributed by atoms with Crippen LogP contribution in [0, 0.1) is 6.92 Å². The molecule has 0 N–H and O–H groups in total. The molecule has 0 bridgehead atoms. The van der Waals surface area contributed by atoms with Gasteiger partial charge in [-0.05, 0) is 64.1 Å². The van der Waals surface area contributed by atoms with E-state index in [1.165, 1.54) is 5.56 Å². The Bertz CT molecular complexity index is 881. The van der Waals surface area contributed by atoms with Gasteiger partial charge in [0, 0.05) is 42.1 Å². The third-order valence-electron chi connectivity index (χ3n) is 4.79. The van der Waals surface area contributed by atoms with Crippen LogP contribution in [0.4, 0.5) is 17.1 Å². The van der Waals surface area contributed by atoms with Gasteiger partial charge in [-0.2, -0.15) is 0 Å². The van der Waals surface area contributed by atoms with Gasteiger partial charge in [0.25, 0.3) is 0 Å². The molecule has 0 aromatic heterocycles. The molecule has 0 fully saturated rings. The van der Waals surface area contributed by atoms with E-state index >= 15 is 0 Å². The van der Waals surface area contributed by atoms with Crippen molar-refractivity contribution in [3.05, 3.63) is 84.4 Å². The van der Waals surface area contributed by atoms with Crippen molar-refractivity contribution in [3.8, 4) is 0 Å². The maximum Gasteiger partial charge on any atom is 0.537 e. The highest BCUT2D eigenvalue weighted by atomic mass is 28.4. The van der Waals surface area contributed by atoms with Crippen LogP contribution in [0.15, 0.2) is 78.9 Å². The van der Waals surface area contributed by atoms with Crippen LogP contribution in [0.2, 0.25) is 0 Å². The minimum absolute atomic E-state index is 0.549. The molecule has 0 atom stereocenters. The van der Waals surface area contributed by atoms with E-state index in [4.69, 9.17) is 13.3 Å². The molecule has 0 heterocycles. The zero-order valence-corrected chi connectivity index (χ0v) is 19.3. The first-order valence-electron chi connectivity index (χ1n) is 10.6. The minimum atomic E-state index is -2.91. The largest absolute Gasteiger partial charge is 0.537 e. The van der Waals surface area contributed by atoms with Crippen LogP contribution in [-0.2, 0) is 13.3 Å². The summed E-state index contributed by atoms with van der Waals surface area (Å²) in [6, 6.07) is 27.3. The van der Waals surface area contributed by atoms with E-state index in [-0.39, 0.29) is 0 Å². The topological polar surface area (TPSA) is 30.9 Å². The van der Waals surface area contributed by atoms with Gasteiger partial charge in [0.15, 0.2) is 0 Å². The molecule has 0 saturated carbocycles. The average molecular weight is 422 g/mol. The molecule has 30 heavy (non-hydrogen) atoms. The number of para-hydroxylation sites is 1. The minimum Gasteiger partial charge on any atom is -0.370 e. The smallest absolute Gasteiger partial charge is 0.370 e. The summed E-state index contributed by atoms with van der Waals surface area (Å²) in [7, 11) is -2.91.